The van der Waals surface area contributed by atoms with Crippen LogP contribution in [0, 0.1) is 17.5 Å². The van der Waals surface area contributed by atoms with Gasteiger partial charge in [0.25, 0.3) is 0 Å². The van der Waals surface area contributed by atoms with Crippen LogP contribution in [0.15, 0.2) is 34.8 Å². The minimum absolute atomic E-state index is 0.0418. The maximum atomic E-state index is 14.2. The Bertz CT molecular complexity index is 756. The summed E-state index contributed by atoms with van der Waals surface area (Å²) < 4.78 is 52.2. The first-order chi connectivity index (χ1) is 11.1. The molecule has 2 aromatic carbocycles. The second kappa shape index (κ2) is 6.86. The van der Waals surface area contributed by atoms with Crippen LogP contribution in [-0.4, -0.2) is 13.2 Å². The molecule has 120 valence electrons. The average Bonchev–Trinajstić information content (AvgIpc) is 3.04. The summed E-state index contributed by atoms with van der Waals surface area (Å²) in [4.78, 5) is 0. The summed E-state index contributed by atoms with van der Waals surface area (Å²) in [5, 5.41) is 0. The van der Waals surface area contributed by atoms with Crippen molar-refractivity contribution in [3.8, 4) is 0 Å². The van der Waals surface area contributed by atoms with Crippen molar-refractivity contribution in [1.82, 2.24) is 0 Å². The van der Waals surface area contributed by atoms with E-state index in [0.29, 0.717) is 23.2 Å². The Kier molecular flexibility index (Phi) is 4.84. The van der Waals surface area contributed by atoms with Gasteiger partial charge in [0.15, 0.2) is 17.9 Å². The average molecular weight is 385 g/mol. The van der Waals surface area contributed by atoms with Gasteiger partial charge in [-0.15, -0.1) is 0 Å². The summed E-state index contributed by atoms with van der Waals surface area (Å²) in [6, 6.07) is 7.02. The number of hydrogen-bond acceptors (Lipinski definition) is 2. The van der Waals surface area contributed by atoms with Crippen molar-refractivity contribution >= 4 is 28.1 Å². The molecule has 0 spiro atoms. The summed E-state index contributed by atoms with van der Waals surface area (Å²) in [6.07, 6.45) is 2.13. The lowest BCUT2D eigenvalue weighted by Crippen LogP contribution is -2.04. The van der Waals surface area contributed by atoms with Crippen LogP contribution in [0.3, 0.4) is 0 Å². The molecule has 0 saturated carbocycles. The van der Waals surface area contributed by atoms with E-state index in [4.69, 9.17) is 9.47 Å². The fourth-order valence-corrected chi connectivity index (χ4v) is 2.73. The molecule has 1 heterocycles. The van der Waals surface area contributed by atoms with E-state index in [-0.39, 0.29) is 16.9 Å². The third-order valence-corrected chi connectivity index (χ3v) is 4.11. The molecule has 2 nitrogen and oxygen atoms in total. The van der Waals surface area contributed by atoms with Crippen LogP contribution in [0.1, 0.15) is 23.0 Å². The minimum atomic E-state index is -0.989. The predicted molar refractivity (Wildman–Crippen MR) is 84.0 cm³/mol. The monoisotopic (exact) mass is 384 g/mol. The Morgan fingerprint density at radius 1 is 0.913 bits per heavy atom. The lowest BCUT2D eigenvalue weighted by atomic mass is 10.1. The highest BCUT2D eigenvalue weighted by atomic mass is 79.9. The van der Waals surface area contributed by atoms with Crippen molar-refractivity contribution in [3.05, 3.63) is 68.9 Å². The molecule has 0 bridgehead atoms. The largest absolute Gasteiger partial charge is 0.346 e. The maximum absolute atomic E-state index is 14.2. The van der Waals surface area contributed by atoms with Crippen LogP contribution in [-0.2, 0) is 9.47 Å². The zero-order valence-corrected chi connectivity index (χ0v) is 13.4. The van der Waals surface area contributed by atoms with E-state index in [9.17, 15) is 13.2 Å². The van der Waals surface area contributed by atoms with Crippen molar-refractivity contribution in [3.63, 3.8) is 0 Å². The predicted octanol–water partition coefficient (Wildman–Crippen LogP) is 5.08. The van der Waals surface area contributed by atoms with Crippen molar-refractivity contribution in [2.24, 2.45) is 0 Å². The van der Waals surface area contributed by atoms with Gasteiger partial charge < -0.3 is 9.47 Å². The summed E-state index contributed by atoms with van der Waals surface area (Å²) in [5.41, 5.74) is 0.776. The van der Waals surface area contributed by atoms with Crippen LogP contribution in [0.5, 0.6) is 0 Å². The lowest BCUT2D eigenvalue weighted by Gasteiger charge is -2.11. The molecule has 6 heteroatoms. The van der Waals surface area contributed by atoms with Crippen molar-refractivity contribution in [1.29, 1.82) is 0 Å². The first-order valence-corrected chi connectivity index (χ1v) is 7.70. The smallest absolute Gasteiger partial charge is 0.186 e. The Hall–Kier alpha value is -1.63. The van der Waals surface area contributed by atoms with E-state index in [2.05, 4.69) is 15.9 Å². The molecule has 23 heavy (non-hydrogen) atoms. The minimum Gasteiger partial charge on any atom is -0.346 e. The van der Waals surface area contributed by atoms with Crippen molar-refractivity contribution in [2.45, 2.75) is 6.29 Å². The Balaban J connectivity index is 1.88. The van der Waals surface area contributed by atoms with Gasteiger partial charge in [0.05, 0.1) is 13.2 Å². The Morgan fingerprint density at radius 3 is 2.26 bits per heavy atom. The molecule has 0 aromatic heterocycles. The van der Waals surface area contributed by atoms with E-state index in [0.717, 1.165) is 0 Å². The van der Waals surface area contributed by atoms with E-state index in [1.807, 2.05) is 0 Å². The van der Waals surface area contributed by atoms with Gasteiger partial charge in [-0.1, -0.05) is 46.3 Å². The van der Waals surface area contributed by atoms with Crippen LogP contribution >= 0.6 is 15.9 Å². The first kappa shape index (κ1) is 16.2. The molecule has 0 N–H and O–H groups in total. The number of ether oxygens (including phenoxy) is 2. The van der Waals surface area contributed by atoms with Crippen LogP contribution in [0.25, 0.3) is 12.2 Å². The first-order valence-electron chi connectivity index (χ1n) is 6.90. The van der Waals surface area contributed by atoms with Gasteiger partial charge in [0.1, 0.15) is 5.82 Å². The molecule has 0 radical (unpaired) electrons. The summed E-state index contributed by atoms with van der Waals surface area (Å²) in [5.74, 6) is -2.35. The second-order valence-electron chi connectivity index (χ2n) is 4.94. The van der Waals surface area contributed by atoms with Crippen molar-refractivity contribution < 1.29 is 22.6 Å². The standard InChI is InChI=1S/C17H12BrF3O2/c18-14-9-12(19)5-3-10(14)1-2-11-4-6-13(16(21)15(11)20)17-22-7-8-23-17/h1-6,9,17H,7-8H2/b2-1-. The fourth-order valence-electron chi connectivity index (χ4n) is 2.24. The zero-order valence-electron chi connectivity index (χ0n) is 11.9. The van der Waals surface area contributed by atoms with Gasteiger partial charge in [0.2, 0.25) is 0 Å². The van der Waals surface area contributed by atoms with Gasteiger partial charge in [-0.3, -0.25) is 0 Å². The molecule has 1 fully saturated rings. The normalized spacial score (nSPS) is 15.7. The highest BCUT2D eigenvalue weighted by Crippen LogP contribution is 2.29. The highest BCUT2D eigenvalue weighted by Gasteiger charge is 2.24. The zero-order chi connectivity index (χ0) is 16.4. The van der Waals surface area contributed by atoms with Gasteiger partial charge in [-0.25, -0.2) is 13.2 Å². The molecule has 0 aliphatic carbocycles. The van der Waals surface area contributed by atoms with E-state index in [1.54, 1.807) is 12.1 Å². The van der Waals surface area contributed by atoms with E-state index in [1.165, 1.54) is 30.3 Å². The van der Waals surface area contributed by atoms with Crippen molar-refractivity contribution in [2.75, 3.05) is 13.2 Å². The Labute approximate surface area is 139 Å². The summed E-state index contributed by atoms with van der Waals surface area (Å²) >= 11 is 3.22. The van der Waals surface area contributed by atoms with Gasteiger partial charge >= 0.3 is 0 Å². The van der Waals surface area contributed by atoms with Gasteiger partial charge in [0, 0.05) is 15.6 Å². The maximum Gasteiger partial charge on any atom is 0.186 e. The third-order valence-electron chi connectivity index (χ3n) is 3.42. The highest BCUT2D eigenvalue weighted by molar-refractivity contribution is 9.10. The fraction of sp³-hybridized carbons (Fsp3) is 0.176. The molecule has 1 aliphatic rings. The molecule has 0 unspecified atom stereocenters. The van der Waals surface area contributed by atoms with E-state index < -0.39 is 17.9 Å². The molecule has 0 atom stereocenters. The SMILES string of the molecule is Fc1ccc(/C=C\c2ccc(C3OCCO3)c(F)c2F)c(Br)c1. The number of halogens is 4. The van der Waals surface area contributed by atoms with Gasteiger partial charge in [-0.2, -0.15) is 0 Å². The second-order valence-corrected chi connectivity index (χ2v) is 5.80. The molecule has 2 aromatic rings. The number of rotatable bonds is 3. The molecular weight excluding hydrogens is 373 g/mol. The quantitative estimate of drug-likeness (QED) is 0.686. The topological polar surface area (TPSA) is 18.5 Å². The Morgan fingerprint density at radius 2 is 1.57 bits per heavy atom. The van der Waals surface area contributed by atoms with E-state index >= 15 is 0 Å². The van der Waals surface area contributed by atoms with Crippen LogP contribution in [0.4, 0.5) is 13.2 Å². The molecular formula is C17H12BrF3O2. The third kappa shape index (κ3) is 3.49. The van der Waals surface area contributed by atoms with Gasteiger partial charge in [-0.05, 0) is 17.7 Å². The molecule has 1 saturated heterocycles. The number of hydrogen-bond donors (Lipinski definition) is 0. The molecule has 0 amide bonds. The summed E-state index contributed by atoms with van der Waals surface area (Å²) in [7, 11) is 0. The summed E-state index contributed by atoms with van der Waals surface area (Å²) in [6.45, 7) is 0.706. The molecule has 1 aliphatic heterocycles. The van der Waals surface area contributed by atoms with Crippen LogP contribution < -0.4 is 0 Å². The van der Waals surface area contributed by atoms with Crippen LogP contribution in [0.2, 0.25) is 0 Å². The molecule has 3 rings (SSSR count). The lowest BCUT2D eigenvalue weighted by molar-refractivity contribution is -0.0468. The number of benzene rings is 2.